The molecule has 0 spiro atoms. The van der Waals surface area contributed by atoms with Crippen LogP contribution in [-0.2, 0) is 16.2 Å². The van der Waals surface area contributed by atoms with Gasteiger partial charge in [-0.25, -0.2) is 0 Å². The van der Waals surface area contributed by atoms with Gasteiger partial charge in [-0.15, -0.1) is 0 Å². The number of nitrogens with zero attached hydrogens (tertiary/aromatic N) is 2. The molecule has 0 bridgehead atoms. The van der Waals surface area contributed by atoms with Crippen LogP contribution in [0.3, 0.4) is 0 Å². The molecule has 1 aliphatic rings. The normalized spacial score (nSPS) is 14.0. The Kier molecular flexibility index (Phi) is 6.64. The van der Waals surface area contributed by atoms with Gasteiger partial charge in [-0.1, -0.05) is 104 Å². The lowest BCUT2D eigenvalue weighted by atomic mass is 9.82. The second-order valence-electron chi connectivity index (χ2n) is 15.3. The van der Waals surface area contributed by atoms with Gasteiger partial charge in [-0.05, 0) is 56.3 Å². The smallest absolute Gasteiger partial charge is 0.167 e. The van der Waals surface area contributed by atoms with Gasteiger partial charge in [0.25, 0.3) is 0 Å². The van der Waals surface area contributed by atoms with E-state index in [1.54, 1.807) is 0 Å². The summed E-state index contributed by atoms with van der Waals surface area (Å²) < 4.78 is 4.58. The Morgan fingerprint density at radius 1 is 0.556 bits per heavy atom. The van der Waals surface area contributed by atoms with Crippen molar-refractivity contribution in [3.05, 3.63) is 144 Å². The van der Waals surface area contributed by atoms with Crippen LogP contribution in [0.2, 0.25) is 0 Å². The van der Waals surface area contributed by atoms with Gasteiger partial charge in [0.15, 0.2) is 18.6 Å². The highest BCUT2D eigenvalue weighted by molar-refractivity contribution is 5.99. The maximum absolute atomic E-state index is 2.42. The molecule has 0 radical (unpaired) electrons. The van der Waals surface area contributed by atoms with E-state index in [9.17, 15) is 0 Å². The van der Waals surface area contributed by atoms with Gasteiger partial charge < -0.3 is 0 Å². The van der Waals surface area contributed by atoms with Crippen LogP contribution in [-0.4, -0.2) is 0 Å². The Labute approximate surface area is 268 Å². The summed E-state index contributed by atoms with van der Waals surface area (Å²) in [5.74, 6) is 0. The van der Waals surface area contributed by atoms with Crippen LogP contribution in [0.5, 0.6) is 0 Å². The van der Waals surface area contributed by atoms with Crippen molar-refractivity contribution in [2.75, 3.05) is 0 Å². The second kappa shape index (κ2) is 10.2. The number of hydrogen-bond acceptors (Lipinski definition) is 0. The van der Waals surface area contributed by atoms with Crippen LogP contribution in [0.25, 0.3) is 44.5 Å². The number of rotatable bonds is 3. The predicted octanol–water partition coefficient (Wildman–Crippen LogP) is 9.96. The maximum Gasteiger partial charge on any atom is 0.219 e. The van der Waals surface area contributed by atoms with Crippen LogP contribution in [0, 0.1) is 0 Å². The Morgan fingerprint density at radius 3 is 1.73 bits per heavy atom. The number of benzene rings is 4. The molecule has 0 saturated heterocycles. The third-order valence-corrected chi connectivity index (χ3v) is 9.80. The van der Waals surface area contributed by atoms with Crippen LogP contribution < -0.4 is 9.13 Å². The van der Waals surface area contributed by atoms with Gasteiger partial charge in [0.1, 0.15) is 0 Å². The number of aromatic nitrogens is 2. The highest BCUT2D eigenvalue weighted by Gasteiger charge is 2.40. The Hall–Kier alpha value is -4.56. The minimum atomic E-state index is -0.138. The van der Waals surface area contributed by atoms with Crippen molar-refractivity contribution in [3.8, 4) is 33.6 Å². The molecule has 4 aromatic carbocycles. The molecule has 0 N–H and O–H groups in total. The standard InChI is InChI=1S/C43H44N2/c1-41(2,3)31-14-18-33(19-15-31)44-25-23-29(24-26-44)30-13-22-35-37(27-30)43(7,8)38-28-45(39-12-10-9-11-36(39)40(35)38)34-20-16-32(17-21-34)42(4,5)6/h9-28H,1-8H3/q+2. The second-order valence-corrected chi connectivity index (χ2v) is 15.3. The topological polar surface area (TPSA) is 7.76 Å². The third-order valence-electron chi connectivity index (χ3n) is 9.80. The zero-order valence-electron chi connectivity index (χ0n) is 27.9. The third kappa shape index (κ3) is 4.97. The van der Waals surface area contributed by atoms with E-state index in [1.807, 2.05) is 0 Å². The molecule has 0 amide bonds. The summed E-state index contributed by atoms with van der Waals surface area (Å²) >= 11 is 0. The lowest BCUT2D eigenvalue weighted by Crippen LogP contribution is -2.34. The van der Waals surface area contributed by atoms with Crippen molar-refractivity contribution in [1.82, 2.24) is 0 Å². The summed E-state index contributed by atoms with van der Waals surface area (Å²) in [4.78, 5) is 0. The molecular weight excluding hydrogens is 544 g/mol. The van der Waals surface area contributed by atoms with Gasteiger partial charge in [0.05, 0.1) is 5.39 Å². The van der Waals surface area contributed by atoms with E-state index in [0.29, 0.717) is 0 Å². The minimum absolute atomic E-state index is 0.126. The molecule has 0 fully saturated rings. The molecule has 224 valence electrons. The number of fused-ring (bicyclic) bond motifs is 5. The molecule has 6 aromatic rings. The van der Waals surface area contributed by atoms with E-state index < -0.39 is 0 Å². The fourth-order valence-corrected chi connectivity index (χ4v) is 6.93. The van der Waals surface area contributed by atoms with Gasteiger partial charge in [-0.2, -0.15) is 9.13 Å². The van der Waals surface area contributed by atoms with Crippen LogP contribution >= 0.6 is 0 Å². The average Bonchev–Trinajstić information content (AvgIpc) is 3.26. The molecule has 0 unspecified atom stereocenters. The fraction of sp³-hybridized carbons (Fsp3) is 0.256. The highest BCUT2D eigenvalue weighted by Crippen LogP contribution is 2.51. The molecular formula is C43H44N2+2. The molecule has 7 rings (SSSR count). The number of para-hydroxylation sites is 1. The van der Waals surface area contributed by atoms with E-state index in [-0.39, 0.29) is 16.2 Å². The van der Waals surface area contributed by atoms with E-state index in [2.05, 4.69) is 186 Å². The van der Waals surface area contributed by atoms with Crippen molar-refractivity contribution in [1.29, 1.82) is 0 Å². The number of pyridine rings is 2. The SMILES string of the molecule is CC(C)(C)c1ccc(-[n+]2ccc(-c3ccc4c(c3)C(C)(C)c3c[n+](-c5ccc(C(C)(C)C)cc5)c5ccccc5c3-4)cc2)cc1. The molecule has 2 heteroatoms. The fourth-order valence-electron chi connectivity index (χ4n) is 6.93. The molecule has 2 nitrogen and oxygen atoms in total. The van der Waals surface area contributed by atoms with Crippen LogP contribution in [0.15, 0.2) is 122 Å². The molecule has 2 heterocycles. The van der Waals surface area contributed by atoms with E-state index >= 15 is 0 Å². The summed E-state index contributed by atoms with van der Waals surface area (Å²) in [7, 11) is 0. The van der Waals surface area contributed by atoms with Crippen LogP contribution in [0.1, 0.15) is 77.6 Å². The van der Waals surface area contributed by atoms with Crippen LogP contribution in [0.4, 0.5) is 0 Å². The average molecular weight is 589 g/mol. The molecule has 0 saturated carbocycles. The van der Waals surface area contributed by atoms with Gasteiger partial charge in [-0.3, -0.25) is 0 Å². The number of hydrogen-bond donors (Lipinski definition) is 0. The monoisotopic (exact) mass is 588 g/mol. The van der Waals surface area contributed by atoms with Crippen molar-refractivity contribution in [2.24, 2.45) is 0 Å². The van der Waals surface area contributed by atoms with E-state index in [1.165, 1.54) is 66.8 Å². The highest BCUT2D eigenvalue weighted by atomic mass is 15.0. The zero-order valence-corrected chi connectivity index (χ0v) is 27.9. The summed E-state index contributed by atoms with van der Waals surface area (Å²) in [5.41, 5.74) is 14.4. The quantitative estimate of drug-likeness (QED) is 0.182. The first-order valence-electron chi connectivity index (χ1n) is 16.2. The Bertz CT molecular complexity index is 2050. The van der Waals surface area contributed by atoms with Crippen molar-refractivity contribution in [2.45, 2.75) is 71.6 Å². The first-order valence-corrected chi connectivity index (χ1v) is 16.2. The van der Waals surface area contributed by atoms with E-state index in [0.717, 1.165) is 0 Å². The zero-order chi connectivity index (χ0) is 31.7. The molecule has 45 heavy (non-hydrogen) atoms. The lowest BCUT2D eigenvalue weighted by molar-refractivity contribution is -0.595. The van der Waals surface area contributed by atoms with Gasteiger partial charge in [0, 0.05) is 59.0 Å². The molecule has 1 aliphatic carbocycles. The summed E-state index contributed by atoms with van der Waals surface area (Å²) in [6.07, 6.45) is 6.74. The van der Waals surface area contributed by atoms with Gasteiger partial charge in [0.2, 0.25) is 16.9 Å². The molecule has 2 aromatic heterocycles. The molecule has 0 atom stereocenters. The minimum Gasteiger partial charge on any atom is -0.167 e. The Balaban J connectivity index is 1.28. The van der Waals surface area contributed by atoms with Crippen molar-refractivity contribution < 1.29 is 9.13 Å². The Morgan fingerprint density at radius 2 is 1.13 bits per heavy atom. The lowest BCUT2D eigenvalue weighted by Gasteiger charge is -2.21. The maximum atomic E-state index is 2.42. The predicted molar refractivity (Wildman–Crippen MR) is 187 cm³/mol. The summed E-state index contributed by atoms with van der Waals surface area (Å²) in [6.45, 7) is 18.3. The molecule has 0 aliphatic heterocycles. The van der Waals surface area contributed by atoms with Crippen molar-refractivity contribution >= 4 is 10.9 Å². The first kappa shape index (κ1) is 29.2. The first-order chi connectivity index (χ1) is 21.3. The van der Waals surface area contributed by atoms with Gasteiger partial charge >= 0.3 is 0 Å². The largest absolute Gasteiger partial charge is 0.219 e. The summed E-state index contributed by atoms with van der Waals surface area (Å²) in [6, 6.07) is 38.4. The van der Waals surface area contributed by atoms with Crippen molar-refractivity contribution in [3.63, 3.8) is 0 Å². The summed E-state index contributed by atoms with van der Waals surface area (Å²) in [5, 5.41) is 1.30. The van der Waals surface area contributed by atoms with E-state index in [4.69, 9.17) is 0 Å².